The second-order valence-electron chi connectivity index (χ2n) is 7.42. The molecule has 4 rings (SSSR count). The summed E-state index contributed by atoms with van der Waals surface area (Å²) in [6.07, 6.45) is 0.883. The van der Waals surface area contributed by atoms with Crippen LogP contribution in [0.3, 0.4) is 0 Å². The van der Waals surface area contributed by atoms with E-state index in [1.807, 2.05) is 55.1 Å². The number of benzene rings is 2. The largest absolute Gasteiger partial charge is 0.383 e. The van der Waals surface area contributed by atoms with Gasteiger partial charge in [0, 0.05) is 17.4 Å². The highest BCUT2D eigenvalue weighted by atomic mass is 32.1. The Labute approximate surface area is 174 Å². The second-order valence-corrected chi connectivity index (χ2v) is 7.83. The summed E-state index contributed by atoms with van der Waals surface area (Å²) in [5.74, 6) is 0.549. The fourth-order valence-electron chi connectivity index (χ4n) is 3.89. The van der Waals surface area contributed by atoms with Crippen LogP contribution < -0.4 is 21.5 Å². The fraction of sp³-hybridized carbons (Fsp3) is 0.227. The number of hydrogen-bond donors (Lipinski definition) is 3. The van der Waals surface area contributed by atoms with E-state index in [0.717, 1.165) is 28.9 Å². The van der Waals surface area contributed by atoms with E-state index in [4.69, 9.17) is 18.0 Å². The maximum atomic E-state index is 12.9. The minimum Gasteiger partial charge on any atom is -0.383 e. The van der Waals surface area contributed by atoms with E-state index in [2.05, 4.69) is 28.3 Å². The van der Waals surface area contributed by atoms with Crippen LogP contribution in [0.1, 0.15) is 29.2 Å². The lowest BCUT2D eigenvalue weighted by Crippen LogP contribution is -2.32. The molecule has 6 nitrogen and oxygen atoms in total. The molecule has 7 heteroatoms. The third-order valence-electron chi connectivity index (χ3n) is 5.32. The molecule has 1 aliphatic rings. The van der Waals surface area contributed by atoms with Gasteiger partial charge in [-0.15, -0.1) is 0 Å². The summed E-state index contributed by atoms with van der Waals surface area (Å²) < 4.78 is 0. The van der Waals surface area contributed by atoms with Gasteiger partial charge in [-0.05, 0) is 49.9 Å². The monoisotopic (exact) mass is 405 g/mol. The van der Waals surface area contributed by atoms with Crippen LogP contribution in [0.4, 0.5) is 23.1 Å². The predicted octanol–water partition coefficient (Wildman–Crippen LogP) is 3.84. The molecule has 1 aromatic heterocycles. The minimum absolute atomic E-state index is 0.115. The lowest BCUT2D eigenvalue weighted by atomic mass is 10.1. The summed E-state index contributed by atoms with van der Waals surface area (Å²) in [5.41, 5.74) is 11.2. The Morgan fingerprint density at radius 1 is 1.21 bits per heavy atom. The summed E-state index contributed by atoms with van der Waals surface area (Å²) in [6, 6.07) is 14.2. The van der Waals surface area contributed by atoms with Crippen LogP contribution in [0, 0.1) is 13.8 Å². The zero-order valence-electron chi connectivity index (χ0n) is 16.6. The number of para-hydroxylation sites is 2. The van der Waals surface area contributed by atoms with Crippen molar-refractivity contribution >= 4 is 40.3 Å². The van der Waals surface area contributed by atoms with Gasteiger partial charge in [-0.2, -0.15) is 4.98 Å². The fourth-order valence-corrected chi connectivity index (χ4v) is 4.19. The van der Waals surface area contributed by atoms with Gasteiger partial charge < -0.3 is 16.0 Å². The number of thiocarbonyl (C=S) groups is 1. The first kappa shape index (κ1) is 19.1. The number of aromatic nitrogens is 2. The highest BCUT2D eigenvalue weighted by Gasteiger charge is 2.29. The number of nitrogen functional groups attached to an aromatic ring is 1. The van der Waals surface area contributed by atoms with E-state index in [1.165, 1.54) is 5.56 Å². The van der Waals surface area contributed by atoms with Gasteiger partial charge in [0.05, 0.1) is 0 Å². The number of nitrogens with one attached hydrogen (secondary N) is 2. The summed E-state index contributed by atoms with van der Waals surface area (Å²) >= 11 is 5.50. The molecule has 148 valence electrons. The van der Waals surface area contributed by atoms with E-state index < -0.39 is 0 Å². The Hall–Kier alpha value is -3.19. The number of nitrogens with zero attached hydrogens (tertiary/aromatic N) is 2. The molecule has 2 aromatic carbocycles. The number of hydrogen-bond acceptors (Lipinski definition) is 5. The molecule has 29 heavy (non-hydrogen) atoms. The van der Waals surface area contributed by atoms with Gasteiger partial charge >= 0.3 is 0 Å². The molecule has 0 spiro atoms. The number of rotatable bonds is 3. The average Bonchev–Trinajstić information content (AvgIpc) is 3.00. The van der Waals surface area contributed by atoms with Gasteiger partial charge in [0.2, 0.25) is 5.95 Å². The molecule has 1 atom stereocenters. The smallest absolute Gasteiger partial charge is 0.264 e. The molecule has 1 aliphatic heterocycles. The van der Waals surface area contributed by atoms with Crippen LogP contribution in [0.15, 0.2) is 47.3 Å². The molecule has 0 unspecified atom stereocenters. The van der Waals surface area contributed by atoms with Crippen molar-refractivity contribution in [3.63, 3.8) is 0 Å². The zero-order valence-corrected chi connectivity index (χ0v) is 17.4. The molecule has 3 aromatic rings. The molecular weight excluding hydrogens is 382 g/mol. The van der Waals surface area contributed by atoms with Gasteiger partial charge in [-0.25, -0.2) is 0 Å². The quantitative estimate of drug-likeness (QED) is 0.574. The summed E-state index contributed by atoms with van der Waals surface area (Å²) in [5, 5.41) is 3.17. The SMILES string of the molecule is Cc1cccc(C)c1NC(=S)c1c(N)nc(N2c3ccccc3C[C@H]2C)[nH]c1=O. The average molecular weight is 406 g/mol. The Morgan fingerprint density at radius 3 is 2.59 bits per heavy atom. The van der Waals surface area contributed by atoms with E-state index in [1.54, 1.807) is 0 Å². The van der Waals surface area contributed by atoms with Gasteiger partial charge in [0.1, 0.15) is 16.4 Å². The Kier molecular flexibility index (Phi) is 4.84. The lowest BCUT2D eigenvalue weighted by molar-refractivity contribution is 0.738. The number of H-pyrrole nitrogens is 1. The number of aryl methyl sites for hydroxylation is 2. The number of fused-ring (bicyclic) bond motifs is 1. The van der Waals surface area contributed by atoms with Crippen molar-refractivity contribution in [3.05, 3.63) is 75.1 Å². The van der Waals surface area contributed by atoms with E-state index in [-0.39, 0.29) is 28.0 Å². The zero-order chi connectivity index (χ0) is 20.7. The molecule has 0 bridgehead atoms. The first-order chi connectivity index (χ1) is 13.9. The van der Waals surface area contributed by atoms with Crippen molar-refractivity contribution in [1.29, 1.82) is 0 Å². The van der Waals surface area contributed by atoms with E-state index in [9.17, 15) is 4.79 Å². The van der Waals surface area contributed by atoms with Gasteiger partial charge in [-0.3, -0.25) is 9.78 Å². The molecule has 0 amide bonds. The van der Waals surface area contributed by atoms with Crippen LogP contribution in [0.25, 0.3) is 0 Å². The third kappa shape index (κ3) is 3.38. The van der Waals surface area contributed by atoms with Crippen LogP contribution in [0.2, 0.25) is 0 Å². The van der Waals surface area contributed by atoms with E-state index >= 15 is 0 Å². The Morgan fingerprint density at radius 2 is 1.90 bits per heavy atom. The second kappa shape index (κ2) is 7.33. The van der Waals surface area contributed by atoms with Crippen molar-refractivity contribution in [2.75, 3.05) is 16.0 Å². The minimum atomic E-state index is -0.354. The normalized spacial score (nSPS) is 15.3. The highest BCUT2D eigenvalue weighted by molar-refractivity contribution is 7.81. The van der Waals surface area contributed by atoms with Crippen molar-refractivity contribution < 1.29 is 0 Å². The molecule has 4 N–H and O–H groups in total. The van der Waals surface area contributed by atoms with Crippen molar-refractivity contribution in [3.8, 4) is 0 Å². The molecule has 0 saturated heterocycles. The Bertz CT molecular complexity index is 1150. The van der Waals surface area contributed by atoms with Crippen molar-refractivity contribution in [2.24, 2.45) is 0 Å². The maximum Gasteiger partial charge on any atom is 0.264 e. The molecule has 0 saturated carbocycles. The van der Waals surface area contributed by atoms with Gasteiger partial charge in [0.15, 0.2) is 0 Å². The third-order valence-corrected chi connectivity index (χ3v) is 5.62. The maximum absolute atomic E-state index is 12.9. The molecule has 0 radical (unpaired) electrons. The molecule has 0 aliphatic carbocycles. The van der Waals surface area contributed by atoms with Gasteiger partial charge in [-0.1, -0.05) is 48.6 Å². The van der Waals surface area contributed by atoms with Gasteiger partial charge in [0.25, 0.3) is 5.56 Å². The standard InChI is InChI=1S/C22H23N5OS/c1-12-7-6-8-13(2)18(12)24-21(29)17-19(23)25-22(26-20(17)28)27-14(3)11-15-9-4-5-10-16(15)27/h4-10,14H,11H2,1-3H3,(H,24,29)(H3,23,25,26,28)/t14-/m1/s1. The van der Waals surface area contributed by atoms with Crippen molar-refractivity contribution in [1.82, 2.24) is 9.97 Å². The van der Waals surface area contributed by atoms with Crippen LogP contribution in [-0.2, 0) is 6.42 Å². The lowest BCUT2D eigenvalue weighted by Gasteiger charge is -2.24. The summed E-state index contributed by atoms with van der Waals surface area (Å²) in [7, 11) is 0. The van der Waals surface area contributed by atoms with Crippen LogP contribution in [0.5, 0.6) is 0 Å². The number of aromatic amines is 1. The Balaban J connectivity index is 1.70. The highest BCUT2D eigenvalue weighted by Crippen LogP contribution is 2.36. The van der Waals surface area contributed by atoms with Crippen molar-refractivity contribution in [2.45, 2.75) is 33.2 Å². The van der Waals surface area contributed by atoms with Crippen LogP contribution in [-0.4, -0.2) is 21.0 Å². The number of nitrogens with two attached hydrogens (primary N) is 1. The molecular formula is C22H23N5OS. The van der Waals surface area contributed by atoms with Crippen LogP contribution >= 0.6 is 12.2 Å². The molecule has 0 fully saturated rings. The predicted molar refractivity (Wildman–Crippen MR) is 122 cm³/mol. The molecule has 2 heterocycles. The first-order valence-corrected chi connectivity index (χ1v) is 9.92. The topological polar surface area (TPSA) is 87.0 Å². The first-order valence-electron chi connectivity index (χ1n) is 9.51. The number of anilines is 4. The summed E-state index contributed by atoms with van der Waals surface area (Å²) in [6.45, 7) is 6.06. The van der Waals surface area contributed by atoms with E-state index in [0.29, 0.717) is 5.95 Å². The summed E-state index contributed by atoms with van der Waals surface area (Å²) in [4.78, 5) is 22.6.